The maximum atomic E-state index is 13.0. The summed E-state index contributed by atoms with van der Waals surface area (Å²) >= 11 is 0. The minimum atomic E-state index is -4.63. The van der Waals surface area contributed by atoms with Crippen LogP contribution >= 0.6 is 0 Å². The van der Waals surface area contributed by atoms with Crippen LogP contribution in [0.5, 0.6) is 0 Å². The Morgan fingerprint density at radius 2 is 1.81 bits per heavy atom. The van der Waals surface area contributed by atoms with Gasteiger partial charge in [-0.25, -0.2) is 4.98 Å². The lowest BCUT2D eigenvalue weighted by molar-refractivity contribution is -0.143. The molecule has 11 heteroatoms. The Morgan fingerprint density at radius 3 is 2.33 bits per heavy atom. The summed E-state index contributed by atoms with van der Waals surface area (Å²) in [7, 11) is 2.86. The van der Waals surface area contributed by atoms with Crippen molar-refractivity contribution < 1.29 is 22.7 Å². The maximum Gasteiger partial charge on any atom is 0.434 e. The fraction of sp³-hybridized carbons (Fsp3) is 0.240. The number of pyridine rings is 1. The number of anilines is 1. The van der Waals surface area contributed by atoms with Crippen LogP contribution in [0.15, 0.2) is 66.2 Å². The number of aliphatic imine (C=N–C) groups is 1. The molecule has 186 valence electrons. The number of carbonyl (C=O) groups excluding carboxylic acids is 1. The Hall–Kier alpha value is -4.28. The molecule has 1 aliphatic carbocycles. The summed E-state index contributed by atoms with van der Waals surface area (Å²) in [4.78, 5) is 27.8. The number of ether oxygens (including phenoxy) is 1. The minimum absolute atomic E-state index is 0.137. The molecule has 36 heavy (non-hydrogen) atoms. The molecule has 1 fully saturated rings. The molecule has 0 atom stereocenters. The zero-order valence-electron chi connectivity index (χ0n) is 19.5. The number of rotatable bonds is 6. The Bertz CT molecular complexity index is 1310. The Kier molecular flexibility index (Phi) is 6.73. The van der Waals surface area contributed by atoms with Gasteiger partial charge in [0, 0.05) is 25.0 Å². The van der Waals surface area contributed by atoms with Gasteiger partial charge < -0.3 is 15.8 Å². The molecular weight excluding hydrogens is 473 g/mol. The lowest BCUT2D eigenvalue weighted by Gasteiger charge is -2.14. The molecule has 2 aromatic heterocycles. The van der Waals surface area contributed by atoms with Crippen molar-refractivity contribution >= 4 is 23.2 Å². The number of nitrogens with one attached hydrogen (secondary N) is 1. The molecule has 0 bridgehead atoms. The van der Waals surface area contributed by atoms with E-state index in [-0.39, 0.29) is 17.6 Å². The number of amidine groups is 1. The second kappa shape index (κ2) is 9.76. The normalized spacial score (nSPS) is 15.4. The molecule has 1 aromatic carbocycles. The highest BCUT2D eigenvalue weighted by molar-refractivity contribution is 6.27. The number of hydrogen-bond donors (Lipinski definition) is 2. The third-order valence-electron chi connectivity index (χ3n) is 5.95. The van der Waals surface area contributed by atoms with Crippen molar-refractivity contribution in [3.8, 4) is 11.1 Å². The Labute approximate surface area is 205 Å². The van der Waals surface area contributed by atoms with Gasteiger partial charge in [-0.1, -0.05) is 30.3 Å². The van der Waals surface area contributed by atoms with E-state index in [4.69, 9.17) is 10.5 Å². The predicted octanol–water partition coefficient (Wildman–Crippen LogP) is 4.20. The molecule has 0 saturated heterocycles. The zero-order chi connectivity index (χ0) is 25.9. The van der Waals surface area contributed by atoms with E-state index in [0.29, 0.717) is 17.5 Å². The van der Waals surface area contributed by atoms with E-state index in [1.807, 2.05) is 30.3 Å². The summed E-state index contributed by atoms with van der Waals surface area (Å²) in [6.45, 7) is 0. The largest absolute Gasteiger partial charge is 0.468 e. The van der Waals surface area contributed by atoms with Gasteiger partial charge >= 0.3 is 12.1 Å². The first kappa shape index (κ1) is 24.8. The number of alkyl halides is 3. The minimum Gasteiger partial charge on any atom is -0.468 e. The highest BCUT2D eigenvalue weighted by Gasteiger charge is 2.52. The molecule has 8 nitrogen and oxygen atoms in total. The van der Waals surface area contributed by atoms with Gasteiger partial charge in [0.05, 0.1) is 36.2 Å². The highest BCUT2D eigenvalue weighted by Crippen LogP contribution is 2.49. The molecule has 1 saturated carbocycles. The van der Waals surface area contributed by atoms with Crippen LogP contribution in [0.4, 0.5) is 19.0 Å². The smallest absolute Gasteiger partial charge is 0.434 e. The molecule has 0 unspecified atom stereocenters. The first-order chi connectivity index (χ1) is 17.2. The van der Waals surface area contributed by atoms with E-state index in [0.717, 1.165) is 35.7 Å². The van der Waals surface area contributed by atoms with Crippen molar-refractivity contribution in [2.24, 2.45) is 10.7 Å². The Morgan fingerprint density at radius 1 is 1.11 bits per heavy atom. The third kappa shape index (κ3) is 4.90. The molecule has 0 aliphatic heterocycles. The van der Waals surface area contributed by atoms with Gasteiger partial charge in [-0.2, -0.15) is 13.2 Å². The van der Waals surface area contributed by atoms with Gasteiger partial charge in [0.2, 0.25) is 0 Å². The van der Waals surface area contributed by atoms with Crippen LogP contribution in [0.25, 0.3) is 16.7 Å². The fourth-order valence-electron chi connectivity index (χ4n) is 3.85. The summed E-state index contributed by atoms with van der Waals surface area (Å²) < 4.78 is 43.8. The molecule has 0 amide bonds. The third-order valence-corrected chi connectivity index (χ3v) is 5.95. The van der Waals surface area contributed by atoms with Crippen LogP contribution in [-0.4, -0.2) is 40.9 Å². The van der Waals surface area contributed by atoms with Crippen LogP contribution in [0.2, 0.25) is 0 Å². The van der Waals surface area contributed by atoms with E-state index in [1.54, 1.807) is 12.3 Å². The second-order valence-electron chi connectivity index (χ2n) is 8.15. The van der Waals surface area contributed by atoms with Crippen LogP contribution in [-0.2, 0) is 21.1 Å². The van der Waals surface area contributed by atoms with Gasteiger partial charge in [0.25, 0.3) is 0 Å². The van der Waals surface area contributed by atoms with Crippen molar-refractivity contribution in [2.75, 3.05) is 19.5 Å². The van der Waals surface area contributed by atoms with Crippen LogP contribution in [0.1, 0.15) is 29.8 Å². The Balaban J connectivity index is 1.52. The van der Waals surface area contributed by atoms with Gasteiger partial charge in [0.15, 0.2) is 11.5 Å². The monoisotopic (exact) mass is 496 g/mol. The number of benzene rings is 1. The van der Waals surface area contributed by atoms with E-state index >= 15 is 0 Å². The topological polar surface area (TPSA) is 115 Å². The van der Waals surface area contributed by atoms with Gasteiger partial charge in [-0.05, 0) is 30.0 Å². The maximum absolute atomic E-state index is 13.0. The van der Waals surface area contributed by atoms with Crippen LogP contribution < -0.4 is 11.1 Å². The van der Waals surface area contributed by atoms with Crippen molar-refractivity contribution in [2.45, 2.75) is 24.4 Å². The lowest BCUT2D eigenvalue weighted by atomic mass is 9.94. The average Bonchev–Trinajstić information content (AvgIpc) is 3.70. The van der Waals surface area contributed by atoms with E-state index in [2.05, 4.69) is 25.3 Å². The van der Waals surface area contributed by atoms with E-state index < -0.39 is 17.3 Å². The summed E-state index contributed by atoms with van der Waals surface area (Å²) in [5.74, 6) is -0.185. The first-order valence-electron chi connectivity index (χ1n) is 10.9. The highest BCUT2D eigenvalue weighted by atomic mass is 19.4. The summed E-state index contributed by atoms with van der Waals surface area (Å²) in [6.07, 6.45) is 1.61. The molecular formula is C25H23F3N6O2. The lowest BCUT2D eigenvalue weighted by Crippen LogP contribution is -2.21. The molecule has 3 aromatic rings. The van der Waals surface area contributed by atoms with Gasteiger partial charge in [-0.15, -0.1) is 0 Å². The number of esters is 1. The standard InChI is InChI=1S/C25H23F3N6O2/c1-30-22(34-21-14-31-13-20(33-21)25(26,27)28)18(11-29)19-8-5-16(12-32-19)15-3-6-17(7-4-15)24(9-10-24)23(35)36-2/h3-8,11-14H,9-10,29H2,1-2H3,(H,30,33,34). The summed E-state index contributed by atoms with van der Waals surface area (Å²) in [6, 6.07) is 11.2. The quantitative estimate of drug-likeness (QED) is 0.299. The molecule has 1 aliphatic rings. The molecule has 3 N–H and O–H groups in total. The molecule has 4 rings (SSSR count). The van der Waals surface area contributed by atoms with Crippen molar-refractivity contribution in [1.82, 2.24) is 15.0 Å². The first-order valence-corrected chi connectivity index (χ1v) is 10.9. The van der Waals surface area contributed by atoms with E-state index in [9.17, 15) is 18.0 Å². The van der Waals surface area contributed by atoms with Gasteiger partial charge in [-0.3, -0.25) is 19.8 Å². The SMILES string of the molecule is CN=C(Nc1cncc(C(F)(F)F)n1)C(=CN)c1ccc(-c2ccc(C3(C(=O)OC)CC3)cc2)cn1. The number of carbonyl (C=O) groups is 1. The van der Waals surface area contributed by atoms with Crippen LogP contribution in [0.3, 0.4) is 0 Å². The van der Waals surface area contributed by atoms with Crippen LogP contribution in [0, 0.1) is 0 Å². The zero-order valence-corrected chi connectivity index (χ0v) is 19.5. The summed E-state index contributed by atoms with van der Waals surface area (Å²) in [5.41, 5.74) is 7.61. The van der Waals surface area contributed by atoms with Gasteiger partial charge in [0.1, 0.15) is 5.84 Å². The fourth-order valence-corrected chi connectivity index (χ4v) is 3.85. The van der Waals surface area contributed by atoms with Crippen molar-refractivity contribution in [3.63, 3.8) is 0 Å². The van der Waals surface area contributed by atoms with E-state index in [1.165, 1.54) is 20.4 Å². The predicted molar refractivity (Wildman–Crippen MR) is 129 cm³/mol. The average molecular weight is 496 g/mol. The summed E-state index contributed by atoms with van der Waals surface area (Å²) in [5, 5.41) is 2.73. The number of nitrogens with zero attached hydrogens (tertiary/aromatic N) is 4. The number of halogens is 3. The van der Waals surface area contributed by atoms with Crippen molar-refractivity contribution in [1.29, 1.82) is 0 Å². The number of nitrogens with two attached hydrogens (primary N) is 1. The molecule has 0 spiro atoms. The molecule has 2 heterocycles. The van der Waals surface area contributed by atoms with Crippen molar-refractivity contribution in [3.05, 3.63) is 78.1 Å². The number of aromatic nitrogens is 3. The second-order valence-corrected chi connectivity index (χ2v) is 8.15. The number of methoxy groups -OCH3 is 1. The molecule has 0 radical (unpaired) electrons. The number of hydrogen-bond acceptors (Lipinski definition) is 7.